The van der Waals surface area contributed by atoms with Gasteiger partial charge >= 0.3 is 0 Å². The molecule has 1 heterocycles. The van der Waals surface area contributed by atoms with Crippen LogP contribution in [0.1, 0.15) is 22.7 Å². The molecule has 0 spiro atoms. The lowest BCUT2D eigenvalue weighted by molar-refractivity contribution is -0.131. The van der Waals surface area contributed by atoms with Crippen LogP contribution in [0.25, 0.3) is 0 Å². The Hall–Kier alpha value is -4.34. The van der Waals surface area contributed by atoms with Crippen molar-refractivity contribution in [1.82, 2.24) is 9.80 Å². The second-order valence-corrected chi connectivity index (χ2v) is 12.4. The summed E-state index contributed by atoms with van der Waals surface area (Å²) in [5.74, 6) is 0.493. The van der Waals surface area contributed by atoms with Crippen LogP contribution in [0.15, 0.2) is 108 Å². The van der Waals surface area contributed by atoms with E-state index in [-0.39, 0.29) is 29.1 Å². The Morgan fingerprint density at radius 3 is 1.91 bits per heavy atom. The molecule has 0 saturated carbocycles. The second-order valence-electron chi connectivity index (χ2n) is 10.5. The van der Waals surface area contributed by atoms with Gasteiger partial charge in [0, 0.05) is 32.2 Å². The quantitative estimate of drug-likeness (QED) is 0.251. The Kier molecular flexibility index (Phi) is 9.33. The normalized spacial score (nSPS) is 14.0. The van der Waals surface area contributed by atoms with Crippen molar-refractivity contribution in [3.63, 3.8) is 0 Å². The molecule has 0 atom stereocenters. The number of anilines is 1. The van der Waals surface area contributed by atoms with Crippen molar-refractivity contribution in [3.05, 3.63) is 120 Å². The van der Waals surface area contributed by atoms with Crippen LogP contribution in [0.3, 0.4) is 0 Å². The Bertz CT molecular complexity index is 1580. The van der Waals surface area contributed by atoms with Crippen LogP contribution in [-0.4, -0.2) is 71.1 Å². The lowest BCUT2D eigenvalue weighted by Gasteiger charge is -2.40. The molecule has 5 rings (SSSR count). The van der Waals surface area contributed by atoms with Gasteiger partial charge in [0.1, 0.15) is 18.0 Å². The third-order valence-electron chi connectivity index (χ3n) is 7.81. The Morgan fingerprint density at radius 1 is 0.791 bits per heavy atom. The van der Waals surface area contributed by atoms with Gasteiger partial charge in [-0.1, -0.05) is 78.4 Å². The second kappa shape index (κ2) is 13.3. The molecule has 0 bridgehead atoms. The SMILES string of the molecule is COc1ccc(OC)c(N(CC(=O)N2CCN(C(c3ccccc3)c3ccccc3)CC2)S(=O)(=O)c2ccc(C)cc2)c1. The first-order valence-electron chi connectivity index (χ1n) is 14.2. The van der Waals surface area contributed by atoms with E-state index in [1.54, 1.807) is 47.4 Å². The number of piperazine rings is 1. The van der Waals surface area contributed by atoms with E-state index in [0.29, 0.717) is 37.7 Å². The van der Waals surface area contributed by atoms with Crippen molar-refractivity contribution in [3.8, 4) is 11.5 Å². The summed E-state index contributed by atoms with van der Waals surface area (Å²) >= 11 is 0. The monoisotopic (exact) mass is 599 g/mol. The number of ether oxygens (including phenoxy) is 2. The Morgan fingerprint density at radius 2 is 1.37 bits per heavy atom. The van der Waals surface area contributed by atoms with Crippen LogP contribution in [0.2, 0.25) is 0 Å². The highest BCUT2D eigenvalue weighted by molar-refractivity contribution is 7.92. The fourth-order valence-electron chi connectivity index (χ4n) is 5.47. The molecule has 1 saturated heterocycles. The van der Waals surface area contributed by atoms with Gasteiger partial charge in [0.05, 0.1) is 30.8 Å². The average Bonchev–Trinajstić information content (AvgIpc) is 3.05. The van der Waals surface area contributed by atoms with Gasteiger partial charge in [0.2, 0.25) is 5.91 Å². The molecule has 1 aliphatic rings. The summed E-state index contributed by atoms with van der Waals surface area (Å²) in [6, 6.07) is 32.3. The number of hydrogen-bond donors (Lipinski definition) is 0. The molecule has 1 amide bonds. The third-order valence-corrected chi connectivity index (χ3v) is 9.58. The van der Waals surface area contributed by atoms with Crippen LogP contribution in [0.5, 0.6) is 11.5 Å². The van der Waals surface area contributed by atoms with E-state index in [9.17, 15) is 13.2 Å². The van der Waals surface area contributed by atoms with Gasteiger partial charge in [-0.25, -0.2) is 8.42 Å². The predicted octanol–water partition coefficient (Wildman–Crippen LogP) is 5.14. The summed E-state index contributed by atoms with van der Waals surface area (Å²) in [6.45, 7) is 3.76. The summed E-state index contributed by atoms with van der Waals surface area (Å²) in [7, 11) is -1.14. The van der Waals surface area contributed by atoms with E-state index in [2.05, 4.69) is 29.2 Å². The molecule has 0 aliphatic carbocycles. The molecular weight excluding hydrogens is 562 g/mol. The molecule has 9 heteroatoms. The molecule has 4 aromatic rings. The van der Waals surface area contributed by atoms with E-state index >= 15 is 0 Å². The molecule has 4 aromatic carbocycles. The molecule has 43 heavy (non-hydrogen) atoms. The van der Waals surface area contributed by atoms with E-state index < -0.39 is 10.0 Å². The van der Waals surface area contributed by atoms with E-state index in [4.69, 9.17) is 9.47 Å². The fraction of sp³-hybridized carbons (Fsp3) is 0.265. The number of carbonyl (C=O) groups excluding carboxylic acids is 1. The van der Waals surface area contributed by atoms with Crippen LogP contribution in [0.4, 0.5) is 5.69 Å². The van der Waals surface area contributed by atoms with Gasteiger partial charge < -0.3 is 14.4 Å². The van der Waals surface area contributed by atoms with Crippen molar-refractivity contribution in [1.29, 1.82) is 0 Å². The number of rotatable bonds is 10. The first-order valence-corrected chi connectivity index (χ1v) is 15.7. The molecule has 1 fully saturated rings. The van der Waals surface area contributed by atoms with Crippen molar-refractivity contribution >= 4 is 21.6 Å². The average molecular weight is 600 g/mol. The maximum absolute atomic E-state index is 14.0. The molecule has 0 unspecified atom stereocenters. The highest BCUT2D eigenvalue weighted by Crippen LogP contribution is 2.36. The van der Waals surface area contributed by atoms with Gasteiger partial charge in [-0.2, -0.15) is 0 Å². The third kappa shape index (κ3) is 6.68. The lowest BCUT2D eigenvalue weighted by Crippen LogP contribution is -2.52. The van der Waals surface area contributed by atoms with Crippen LogP contribution < -0.4 is 13.8 Å². The summed E-state index contributed by atoms with van der Waals surface area (Å²) in [5, 5.41) is 0. The van der Waals surface area contributed by atoms with Gasteiger partial charge in [-0.15, -0.1) is 0 Å². The van der Waals surface area contributed by atoms with Crippen LogP contribution in [-0.2, 0) is 14.8 Å². The topological polar surface area (TPSA) is 79.4 Å². The van der Waals surface area contributed by atoms with E-state index in [1.165, 1.54) is 25.3 Å². The summed E-state index contributed by atoms with van der Waals surface area (Å²) in [4.78, 5) is 18.0. The summed E-state index contributed by atoms with van der Waals surface area (Å²) in [5.41, 5.74) is 3.55. The molecule has 8 nitrogen and oxygen atoms in total. The van der Waals surface area contributed by atoms with Gasteiger partial charge in [0.25, 0.3) is 10.0 Å². The number of amides is 1. The minimum atomic E-state index is -4.12. The Balaban J connectivity index is 1.40. The fourth-order valence-corrected chi connectivity index (χ4v) is 6.88. The number of nitrogens with zero attached hydrogens (tertiary/aromatic N) is 3. The standard InChI is InChI=1S/C34H37N3O5S/c1-26-14-17-30(18-15-26)43(39,40)37(31-24-29(41-2)16-19-32(31)42-3)25-33(38)35-20-22-36(23-21-35)34(27-10-6-4-7-11-27)28-12-8-5-9-13-28/h4-19,24,34H,20-23,25H2,1-3H3. The smallest absolute Gasteiger partial charge is 0.264 e. The van der Waals surface area contributed by atoms with Crippen LogP contribution in [0, 0.1) is 6.92 Å². The molecular formula is C34H37N3O5S. The van der Waals surface area contributed by atoms with E-state index in [0.717, 1.165) is 9.87 Å². The zero-order valence-electron chi connectivity index (χ0n) is 24.7. The minimum absolute atomic E-state index is 0.0547. The number of sulfonamides is 1. The molecule has 1 aliphatic heterocycles. The highest BCUT2D eigenvalue weighted by Gasteiger charge is 2.33. The largest absolute Gasteiger partial charge is 0.497 e. The molecule has 224 valence electrons. The first kappa shape index (κ1) is 30.1. The summed E-state index contributed by atoms with van der Waals surface area (Å²) in [6.07, 6.45) is 0. The van der Waals surface area contributed by atoms with Gasteiger partial charge in [-0.05, 0) is 42.3 Å². The number of aryl methyl sites for hydroxylation is 1. The van der Waals surface area contributed by atoms with Crippen molar-refractivity contribution in [2.45, 2.75) is 17.9 Å². The van der Waals surface area contributed by atoms with Crippen LogP contribution >= 0.6 is 0 Å². The zero-order chi connectivity index (χ0) is 30.4. The number of hydrogen-bond acceptors (Lipinski definition) is 6. The van der Waals surface area contributed by atoms with Crippen molar-refractivity contribution in [2.24, 2.45) is 0 Å². The van der Waals surface area contributed by atoms with Gasteiger partial charge in [0.15, 0.2) is 0 Å². The van der Waals surface area contributed by atoms with E-state index in [1.807, 2.05) is 43.3 Å². The first-order chi connectivity index (χ1) is 20.8. The summed E-state index contributed by atoms with van der Waals surface area (Å²) < 4.78 is 40.1. The van der Waals surface area contributed by atoms with Crippen molar-refractivity contribution < 1.29 is 22.7 Å². The predicted molar refractivity (Wildman–Crippen MR) is 168 cm³/mol. The maximum atomic E-state index is 14.0. The zero-order valence-corrected chi connectivity index (χ0v) is 25.5. The molecule has 0 radical (unpaired) electrons. The Labute approximate surface area is 254 Å². The van der Waals surface area contributed by atoms with Gasteiger partial charge in [-0.3, -0.25) is 14.0 Å². The minimum Gasteiger partial charge on any atom is -0.497 e. The number of methoxy groups -OCH3 is 2. The highest BCUT2D eigenvalue weighted by atomic mass is 32.2. The van der Waals surface area contributed by atoms with Crippen molar-refractivity contribution in [2.75, 3.05) is 51.2 Å². The number of carbonyl (C=O) groups is 1. The lowest BCUT2D eigenvalue weighted by atomic mass is 9.96. The maximum Gasteiger partial charge on any atom is 0.264 e. The molecule has 0 N–H and O–H groups in total. The number of benzene rings is 4. The molecule has 0 aromatic heterocycles.